The summed E-state index contributed by atoms with van der Waals surface area (Å²) in [6, 6.07) is 7.47. The standard InChI is InChI=1S/C14H11N5O/c15-5-10-3-11(6-16)14-13(4-10)19(1-2-20-14)8-12-7-17-9-18-12/h3-4,7,9H,1-2,8H2,(H,17,18). The average molecular weight is 265 g/mol. The lowest BCUT2D eigenvalue weighted by Crippen LogP contribution is -2.32. The van der Waals surface area contributed by atoms with Gasteiger partial charge in [0.15, 0.2) is 5.75 Å². The zero-order valence-electron chi connectivity index (χ0n) is 10.6. The average Bonchev–Trinajstić information content (AvgIpc) is 2.99. The van der Waals surface area contributed by atoms with Gasteiger partial charge in [-0.15, -0.1) is 0 Å². The number of fused-ring (bicyclic) bond motifs is 1. The normalized spacial score (nSPS) is 13.0. The number of nitrogens with zero attached hydrogens (tertiary/aromatic N) is 4. The maximum absolute atomic E-state index is 9.18. The van der Waals surface area contributed by atoms with E-state index >= 15 is 0 Å². The highest BCUT2D eigenvalue weighted by atomic mass is 16.5. The summed E-state index contributed by atoms with van der Waals surface area (Å²) in [5, 5.41) is 18.2. The van der Waals surface area contributed by atoms with E-state index in [-0.39, 0.29) is 0 Å². The highest BCUT2D eigenvalue weighted by Gasteiger charge is 2.22. The van der Waals surface area contributed by atoms with Crippen LogP contribution in [0.25, 0.3) is 0 Å². The van der Waals surface area contributed by atoms with Gasteiger partial charge in [-0.2, -0.15) is 10.5 Å². The molecule has 3 rings (SSSR count). The van der Waals surface area contributed by atoms with Crippen LogP contribution in [0.4, 0.5) is 5.69 Å². The van der Waals surface area contributed by atoms with Gasteiger partial charge in [0.05, 0.1) is 48.0 Å². The van der Waals surface area contributed by atoms with Crippen molar-refractivity contribution in [1.82, 2.24) is 9.97 Å². The minimum Gasteiger partial charge on any atom is -0.488 e. The fraction of sp³-hybridized carbons (Fsp3) is 0.214. The van der Waals surface area contributed by atoms with E-state index in [1.807, 2.05) is 0 Å². The molecule has 0 radical (unpaired) electrons. The van der Waals surface area contributed by atoms with Gasteiger partial charge in [-0.1, -0.05) is 0 Å². The van der Waals surface area contributed by atoms with E-state index in [1.165, 1.54) is 0 Å². The Morgan fingerprint density at radius 2 is 2.25 bits per heavy atom. The quantitative estimate of drug-likeness (QED) is 0.889. The summed E-state index contributed by atoms with van der Waals surface area (Å²) in [5.74, 6) is 0.553. The molecule has 98 valence electrons. The number of nitrogens with one attached hydrogen (secondary N) is 1. The van der Waals surface area contributed by atoms with Crippen molar-refractivity contribution in [2.45, 2.75) is 6.54 Å². The molecule has 1 aromatic carbocycles. The van der Waals surface area contributed by atoms with Crippen LogP contribution in [-0.4, -0.2) is 23.1 Å². The summed E-state index contributed by atoms with van der Waals surface area (Å²) in [6.07, 6.45) is 3.39. The van der Waals surface area contributed by atoms with Crippen LogP contribution in [0, 0.1) is 22.7 Å². The summed E-state index contributed by atoms with van der Waals surface area (Å²) in [6.45, 7) is 1.85. The van der Waals surface area contributed by atoms with Gasteiger partial charge >= 0.3 is 0 Å². The van der Waals surface area contributed by atoms with Gasteiger partial charge in [0.1, 0.15) is 12.7 Å². The van der Waals surface area contributed by atoms with Crippen LogP contribution in [0.1, 0.15) is 16.8 Å². The van der Waals surface area contributed by atoms with Gasteiger partial charge in [0.2, 0.25) is 0 Å². The maximum Gasteiger partial charge on any atom is 0.160 e. The zero-order chi connectivity index (χ0) is 13.9. The van der Waals surface area contributed by atoms with Crippen LogP contribution in [0.5, 0.6) is 5.75 Å². The molecule has 0 saturated carbocycles. The monoisotopic (exact) mass is 265 g/mol. The second-order valence-electron chi connectivity index (χ2n) is 4.44. The molecule has 1 aliphatic heterocycles. The third-order valence-electron chi connectivity index (χ3n) is 3.18. The number of anilines is 1. The van der Waals surface area contributed by atoms with Crippen LogP contribution >= 0.6 is 0 Å². The molecule has 0 atom stereocenters. The van der Waals surface area contributed by atoms with Crippen LogP contribution in [0.15, 0.2) is 24.7 Å². The second-order valence-corrected chi connectivity index (χ2v) is 4.44. The van der Waals surface area contributed by atoms with Crippen molar-refractivity contribution in [1.29, 1.82) is 10.5 Å². The van der Waals surface area contributed by atoms with Gasteiger partial charge < -0.3 is 14.6 Å². The Morgan fingerprint density at radius 1 is 1.35 bits per heavy atom. The van der Waals surface area contributed by atoms with Gasteiger partial charge in [-0.05, 0) is 12.1 Å². The number of hydrogen-bond acceptors (Lipinski definition) is 5. The largest absolute Gasteiger partial charge is 0.488 e. The number of benzene rings is 1. The predicted octanol–water partition coefficient (Wildman–Crippen LogP) is 1.55. The van der Waals surface area contributed by atoms with E-state index in [0.29, 0.717) is 36.6 Å². The highest BCUT2D eigenvalue weighted by Crippen LogP contribution is 2.36. The number of H-pyrrole nitrogens is 1. The molecule has 0 spiro atoms. The van der Waals surface area contributed by atoms with E-state index < -0.39 is 0 Å². The summed E-state index contributed by atoms with van der Waals surface area (Å²) in [7, 11) is 0. The van der Waals surface area contributed by atoms with Crippen LogP contribution in [0.3, 0.4) is 0 Å². The first-order valence-electron chi connectivity index (χ1n) is 6.15. The first kappa shape index (κ1) is 12.1. The summed E-state index contributed by atoms with van der Waals surface area (Å²) >= 11 is 0. The van der Waals surface area contributed by atoms with Crippen molar-refractivity contribution >= 4 is 5.69 Å². The number of nitriles is 2. The number of hydrogen-bond donors (Lipinski definition) is 1. The lowest BCUT2D eigenvalue weighted by Gasteiger charge is -2.31. The summed E-state index contributed by atoms with van der Waals surface area (Å²) < 4.78 is 5.60. The lowest BCUT2D eigenvalue weighted by molar-refractivity contribution is 0.306. The van der Waals surface area contributed by atoms with Crippen molar-refractivity contribution in [3.8, 4) is 17.9 Å². The van der Waals surface area contributed by atoms with Gasteiger partial charge in [0, 0.05) is 6.20 Å². The Hall–Kier alpha value is -2.99. The molecule has 20 heavy (non-hydrogen) atoms. The summed E-state index contributed by atoms with van der Waals surface area (Å²) in [4.78, 5) is 9.12. The van der Waals surface area contributed by atoms with Crippen molar-refractivity contribution in [3.63, 3.8) is 0 Å². The number of aromatic nitrogens is 2. The molecular formula is C14H11N5O. The molecule has 6 heteroatoms. The zero-order valence-corrected chi connectivity index (χ0v) is 10.6. The highest BCUT2D eigenvalue weighted by molar-refractivity contribution is 5.69. The number of ether oxygens (including phenoxy) is 1. The molecule has 0 aliphatic carbocycles. The SMILES string of the molecule is N#Cc1cc(C#N)c2c(c1)N(Cc1cnc[nH]1)CCO2. The fourth-order valence-electron chi connectivity index (χ4n) is 2.27. The van der Waals surface area contributed by atoms with Crippen molar-refractivity contribution in [2.75, 3.05) is 18.1 Å². The minimum absolute atomic E-state index is 0.397. The molecule has 1 aromatic heterocycles. The topological polar surface area (TPSA) is 88.7 Å². The van der Waals surface area contributed by atoms with Crippen LogP contribution < -0.4 is 9.64 Å². The third kappa shape index (κ3) is 2.04. The van der Waals surface area contributed by atoms with Crippen molar-refractivity contribution < 1.29 is 4.74 Å². The Kier molecular flexibility index (Phi) is 2.98. The Morgan fingerprint density at radius 3 is 2.95 bits per heavy atom. The Bertz CT molecular complexity index is 708. The second kappa shape index (κ2) is 4.94. The Labute approximate surface area is 115 Å². The first-order valence-corrected chi connectivity index (χ1v) is 6.15. The molecular weight excluding hydrogens is 254 g/mol. The van der Waals surface area contributed by atoms with Gasteiger partial charge in [-0.25, -0.2) is 4.98 Å². The van der Waals surface area contributed by atoms with E-state index in [4.69, 9.17) is 10.00 Å². The molecule has 2 aromatic rings. The molecule has 0 bridgehead atoms. The molecule has 0 fully saturated rings. The van der Waals surface area contributed by atoms with Gasteiger partial charge in [-0.3, -0.25) is 0 Å². The molecule has 6 nitrogen and oxygen atoms in total. The first-order chi connectivity index (χ1) is 9.81. The fourth-order valence-corrected chi connectivity index (χ4v) is 2.27. The van der Waals surface area contributed by atoms with Crippen molar-refractivity contribution in [3.05, 3.63) is 41.5 Å². The van der Waals surface area contributed by atoms with Gasteiger partial charge in [0.25, 0.3) is 0 Å². The smallest absolute Gasteiger partial charge is 0.160 e. The van der Waals surface area contributed by atoms with E-state index in [0.717, 1.165) is 11.4 Å². The molecule has 1 aliphatic rings. The molecule has 0 saturated heterocycles. The third-order valence-corrected chi connectivity index (χ3v) is 3.18. The maximum atomic E-state index is 9.18. The lowest BCUT2D eigenvalue weighted by atomic mass is 10.1. The van der Waals surface area contributed by atoms with E-state index in [2.05, 4.69) is 27.0 Å². The molecule has 1 N–H and O–H groups in total. The predicted molar refractivity (Wildman–Crippen MR) is 71.0 cm³/mol. The van der Waals surface area contributed by atoms with Crippen molar-refractivity contribution in [2.24, 2.45) is 0 Å². The van der Waals surface area contributed by atoms with Crippen LogP contribution in [-0.2, 0) is 6.54 Å². The molecule has 0 unspecified atom stereocenters. The molecule has 2 heterocycles. The number of aromatic amines is 1. The minimum atomic E-state index is 0.397. The molecule has 0 amide bonds. The van der Waals surface area contributed by atoms with E-state index in [1.54, 1.807) is 24.7 Å². The van der Waals surface area contributed by atoms with E-state index in [9.17, 15) is 5.26 Å². The number of rotatable bonds is 2. The number of imidazole rings is 1. The summed E-state index contributed by atoms with van der Waals surface area (Å²) in [5.41, 5.74) is 2.61. The Balaban J connectivity index is 2.03. The van der Waals surface area contributed by atoms with Crippen LogP contribution in [0.2, 0.25) is 0 Å².